The number of aliphatic hydroxyl groups is 1. The van der Waals surface area contributed by atoms with Gasteiger partial charge in [-0.2, -0.15) is 0 Å². The Morgan fingerprint density at radius 1 is 1.43 bits per heavy atom. The second kappa shape index (κ2) is 7.30. The Kier molecular flexibility index (Phi) is 5.41. The predicted molar refractivity (Wildman–Crippen MR) is 88.2 cm³/mol. The van der Waals surface area contributed by atoms with Crippen LogP contribution in [0.4, 0.5) is 5.69 Å². The van der Waals surface area contributed by atoms with E-state index in [0.29, 0.717) is 15.8 Å². The van der Waals surface area contributed by atoms with Gasteiger partial charge >= 0.3 is 5.97 Å². The van der Waals surface area contributed by atoms with Crippen LogP contribution in [0.2, 0.25) is 0 Å². The number of pyridine rings is 1. The Morgan fingerprint density at radius 2 is 2.17 bits per heavy atom. The van der Waals surface area contributed by atoms with E-state index in [0.717, 1.165) is 0 Å². The lowest BCUT2D eigenvalue weighted by Crippen LogP contribution is -2.22. The molecule has 1 aromatic heterocycles. The number of aliphatic hydroxyl groups excluding tert-OH is 1. The van der Waals surface area contributed by atoms with Crippen molar-refractivity contribution in [1.29, 1.82) is 0 Å². The maximum atomic E-state index is 11.6. The van der Waals surface area contributed by atoms with Gasteiger partial charge in [0, 0.05) is 12.7 Å². The summed E-state index contributed by atoms with van der Waals surface area (Å²) in [5.74, 6) is -0.701. The van der Waals surface area contributed by atoms with Gasteiger partial charge in [0.05, 0.1) is 23.4 Å². The largest absolute Gasteiger partial charge is 0.496 e. The smallest absolute Gasteiger partial charge is 0.343 e. The number of aromatic carboxylic acids is 1. The molecule has 7 nitrogen and oxygen atoms in total. The Bertz CT molecular complexity index is 775. The minimum absolute atomic E-state index is 0.0441. The van der Waals surface area contributed by atoms with Crippen molar-refractivity contribution in [3.05, 3.63) is 56.4 Å². The third kappa shape index (κ3) is 3.91. The van der Waals surface area contributed by atoms with Gasteiger partial charge in [0.15, 0.2) is 0 Å². The van der Waals surface area contributed by atoms with E-state index in [1.165, 1.54) is 19.4 Å². The van der Waals surface area contributed by atoms with E-state index in [4.69, 9.17) is 9.84 Å². The number of ether oxygens (including phenoxy) is 1. The van der Waals surface area contributed by atoms with E-state index in [-0.39, 0.29) is 12.2 Å². The molecule has 23 heavy (non-hydrogen) atoms. The highest BCUT2D eigenvalue weighted by molar-refractivity contribution is 9.10. The lowest BCUT2D eigenvalue weighted by Gasteiger charge is -2.15. The van der Waals surface area contributed by atoms with Gasteiger partial charge in [0.1, 0.15) is 11.3 Å². The summed E-state index contributed by atoms with van der Waals surface area (Å²) >= 11 is 3.33. The molecule has 0 aliphatic rings. The van der Waals surface area contributed by atoms with E-state index in [9.17, 15) is 14.7 Å². The third-order valence-electron chi connectivity index (χ3n) is 3.22. The SMILES string of the molecule is COc1ccc(C(O)CNc2cc[nH]c(=O)c2C(=O)O)cc1Br. The number of methoxy groups -OCH3 is 1. The van der Waals surface area contributed by atoms with Crippen LogP contribution in [-0.2, 0) is 0 Å². The molecule has 1 aromatic carbocycles. The number of hydrogen-bond donors (Lipinski definition) is 4. The zero-order valence-electron chi connectivity index (χ0n) is 12.2. The molecule has 2 rings (SSSR count). The number of hydrogen-bond acceptors (Lipinski definition) is 5. The van der Waals surface area contributed by atoms with Gasteiger partial charge in [-0.3, -0.25) is 4.79 Å². The topological polar surface area (TPSA) is 112 Å². The standard InChI is InChI=1S/C15H15BrN2O5/c1-23-12-3-2-8(6-9(12)16)11(19)7-18-10-4-5-17-14(20)13(10)15(21)22/h2-6,11,19H,7H2,1H3,(H,21,22)(H2,17,18,20). The lowest BCUT2D eigenvalue weighted by atomic mass is 10.1. The van der Waals surface area contributed by atoms with Crippen LogP contribution in [0, 0.1) is 0 Å². The fourth-order valence-electron chi connectivity index (χ4n) is 2.05. The number of carboxylic acid groups (broad SMARTS) is 1. The first-order valence-electron chi connectivity index (χ1n) is 6.64. The summed E-state index contributed by atoms with van der Waals surface area (Å²) in [7, 11) is 1.54. The van der Waals surface area contributed by atoms with E-state index < -0.39 is 23.2 Å². The van der Waals surface area contributed by atoms with Crippen LogP contribution in [0.5, 0.6) is 5.75 Å². The summed E-state index contributed by atoms with van der Waals surface area (Å²) in [6, 6.07) is 6.55. The Hall–Kier alpha value is -2.32. The summed E-state index contributed by atoms with van der Waals surface area (Å²) in [5, 5.41) is 22.1. The van der Waals surface area contributed by atoms with Crippen molar-refractivity contribution in [3.63, 3.8) is 0 Å². The van der Waals surface area contributed by atoms with Gasteiger partial charge in [0.2, 0.25) is 0 Å². The number of aromatic nitrogens is 1. The molecule has 8 heteroatoms. The summed E-state index contributed by atoms with van der Waals surface area (Å²) < 4.78 is 5.81. The van der Waals surface area contributed by atoms with Crippen molar-refractivity contribution in [1.82, 2.24) is 4.98 Å². The van der Waals surface area contributed by atoms with E-state index in [1.807, 2.05) is 0 Å². The molecule has 0 aliphatic heterocycles. The monoisotopic (exact) mass is 382 g/mol. The average molecular weight is 383 g/mol. The zero-order valence-corrected chi connectivity index (χ0v) is 13.8. The lowest BCUT2D eigenvalue weighted by molar-refractivity contribution is 0.0696. The number of anilines is 1. The van der Waals surface area contributed by atoms with Gasteiger partial charge in [-0.15, -0.1) is 0 Å². The minimum Gasteiger partial charge on any atom is -0.496 e. The zero-order chi connectivity index (χ0) is 17.0. The first kappa shape index (κ1) is 17.0. The Balaban J connectivity index is 2.15. The molecule has 0 saturated heterocycles. The third-order valence-corrected chi connectivity index (χ3v) is 3.84. The van der Waals surface area contributed by atoms with Crippen molar-refractivity contribution in [2.75, 3.05) is 19.0 Å². The van der Waals surface area contributed by atoms with Crippen LogP contribution in [-0.4, -0.2) is 34.8 Å². The summed E-state index contributed by atoms with van der Waals surface area (Å²) in [6.07, 6.45) is 0.450. The molecule has 0 saturated carbocycles. The van der Waals surface area contributed by atoms with Crippen molar-refractivity contribution in [3.8, 4) is 5.75 Å². The molecule has 1 unspecified atom stereocenters. The normalized spacial score (nSPS) is 11.8. The molecule has 0 bridgehead atoms. The maximum absolute atomic E-state index is 11.6. The first-order valence-corrected chi connectivity index (χ1v) is 7.43. The van der Waals surface area contributed by atoms with Crippen LogP contribution in [0.15, 0.2) is 39.7 Å². The number of carbonyl (C=O) groups is 1. The van der Waals surface area contributed by atoms with E-state index >= 15 is 0 Å². The number of nitrogens with one attached hydrogen (secondary N) is 2. The van der Waals surface area contributed by atoms with Gasteiger partial charge < -0.3 is 25.3 Å². The molecule has 122 valence electrons. The minimum atomic E-state index is -1.34. The number of rotatable bonds is 6. The molecule has 0 amide bonds. The molecule has 1 atom stereocenters. The van der Waals surface area contributed by atoms with Gasteiger partial charge in [-0.25, -0.2) is 4.79 Å². The Morgan fingerprint density at radius 3 is 2.78 bits per heavy atom. The molecular formula is C15H15BrN2O5. The highest BCUT2D eigenvalue weighted by atomic mass is 79.9. The average Bonchev–Trinajstić information content (AvgIpc) is 2.52. The van der Waals surface area contributed by atoms with Crippen molar-refractivity contribution < 1.29 is 19.7 Å². The quantitative estimate of drug-likeness (QED) is 0.607. The van der Waals surface area contributed by atoms with Crippen molar-refractivity contribution >= 4 is 27.6 Å². The van der Waals surface area contributed by atoms with E-state index in [2.05, 4.69) is 26.2 Å². The number of aromatic amines is 1. The molecular weight excluding hydrogens is 368 g/mol. The molecule has 0 fully saturated rings. The van der Waals surface area contributed by atoms with E-state index in [1.54, 1.807) is 18.2 Å². The fourth-order valence-corrected chi connectivity index (χ4v) is 2.61. The second-order valence-corrected chi connectivity index (χ2v) is 5.55. The molecule has 0 radical (unpaired) electrons. The van der Waals surface area contributed by atoms with Crippen LogP contribution >= 0.6 is 15.9 Å². The molecule has 0 spiro atoms. The number of halogens is 1. The first-order chi connectivity index (χ1) is 10.9. The van der Waals surface area contributed by atoms with Crippen LogP contribution in [0.25, 0.3) is 0 Å². The predicted octanol–water partition coefficient (Wildman–Crippen LogP) is 1.99. The molecule has 4 N–H and O–H groups in total. The summed E-state index contributed by atoms with van der Waals surface area (Å²) in [6.45, 7) is 0.0441. The second-order valence-electron chi connectivity index (χ2n) is 4.69. The van der Waals surface area contributed by atoms with Crippen LogP contribution < -0.4 is 15.6 Å². The van der Waals surface area contributed by atoms with Crippen LogP contribution in [0.3, 0.4) is 0 Å². The van der Waals surface area contributed by atoms with Crippen LogP contribution in [0.1, 0.15) is 22.0 Å². The fraction of sp³-hybridized carbons (Fsp3) is 0.200. The number of carboxylic acids is 1. The molecule has 1 heterocycles. The molecule has 0 aliphatic carbocycles. The number of benzene rings is 1. The molecule has 2 aromatic rings. The van der Waals surface area contributed by atoms with Crippen molar-refractivity contribution in [2.24, 2.45) is 0 Å². The maximum Gasteiger partial charge on any atom is 0.343 e. The number of H-pyrrole nitrogens is 1. The summed E-state index contributed by atoms with van der Waals surface area (Å²) in [4.78, 5) is 25.0. The highest BCUT2D eigenvalue weighted by Gasteiger charge is 2.16. The van der Waals surface area contributed by atoms with Crippen molar-refractivity contribution in [2.45, 2.75) is 6.10 Å². The van der Waals surface area contributed by atoms with Gasteiger partial charge in [-0.1, -0.05) is 6.07 Å². The van der Waals surface area contributed by atoms with Gasteiger partial charge in [-0.05, 0) is 39.7 Å². The Labute approximate surface area is 140 Å². The van der Waals surface area contributed by atoms with Gasteiger partial charge in [0.25, 0.3) is 5.56 Å². The highest BCUT2D eigenvalue weighted by Crippen LogP contribution is 2.28. The summed E-state index contributed by atoms with van der Waals surface area (Å²) in [5.41, 5.74) is -0.334.